The van der Waals surface area contributed by atoms with Crippen molar-refractivity contribution < 1.29 is 14.5 Å². The Morgan fingerprint density at radius 1 is 1.68 bits per heavy atom. The molecule has 0 bridgehead atoms. The van der Waals surface area contributed by atoms with Crippen molar-refractivity contribution >= 4 is 17.5 Å². The summed E-state index contributed by atoms with van der Waals surface area (Å²) in [5.74, 6) is -0.159. The number of nitriles is 1. The summed E-state index contributed by atoms with van der Waals surface area (Å²) in [7, 11) is 0. The number of esters is 1. The van der Waals surface area contributed by atoms with Gasteiger partial charge in [-0.15, -0.1) is 0 Å². The second kappa shape index (κ2) is 6.90. The number of pyridine rings is 1. The maximum absolute atomic E-state index is 11.1. The fourth-order valence-electron chi connectivity index (χ4n) is 1.30. The van der Waals surface area contributed by atoms with Crippen LogP contribution < -0.4 is 5.32 Å². The number of hydrogen-bond donors (Lipinski definition) is 1. The normalized spacial score (nSPS) is 9.47. The highest BCUT2D eigenvalue weighted by molar-refractivity contribution is 5.70. The van der Waals surface area contributed by atoms with Crippen molar-refractivity contribution in [2.75, 3.05) is 18.5 Å². The molecule has 0 spiro atoms. The summed E-state index contributed by atoms with van der Waals surface area (Å²) in [5, 5.41) is 22.2. The highest BCUT2D eigenvalue weighted by Gasteiger charge is 2.12. The minimum atomic E-state index is -0.629. The second-order valence-corrected chi connectivity index (χ2v) is 3.44. The van der Waals surface area contributed by atoms with Crippen molar-refractivity contribution in [1.82, 2.24) is 4.98 Å². The minimum Gasteiger partial charge on any atom is -0.466 e. The molecule has 1 rings (SSSR count). The molecule has 0 radical (unpaired) electrons. The van der Waals surface area contributed by atoms with Gasteiger partial charge in [0.25, 0.3) is 5.69 Å². The Balaban J connectivity index is 2.66. The van der Waals surface area contributed by atoms with Crippen LogP contribution in [0.25, 0.3) is 0 Å². The van der Waals surface area contributed by atoms with E-state index in [1.807, 2.05) is 6.07 Å². The molecule has 19 heavy (non-hydrogen) atoms. The largest absolute Gasteiger partial charge is 0.466 e. The number of nitrogens with one attached hydrogen (secondary N) is 1. The molecule has 1 heterocycles. The number of anilines is 1. The molecule has 1 N–H and O–H groups in total. The van der Waals surface area contributed by atoms with E-state index in [9.17, 15) is 14.9 Å². The second-order valence-electron chi connectivity index (χ2n) is 3.44. The SMILES string of the molecule is CCOC(=O)CCNc1ncc([N+](=O)[O-])cc1C#N. The number of aromatic nitrogens is 1. The van der Waals surface area contributed by atoms with Crippen LogP contribution in [0.3, 0.4) is 0 Å². The third kappa shape index (κ3) is 4.23. The van der Waals surface area contributed by atoms with E-state index in [1.165, 1.54) is 0 Å². The highest BCUT2D eigenvalue weighted by Crippen LogP contribution is 2.17. The predicted molar refractivity (Wildman–Crippen MR) is 65.3 cm³/mol. The van der Waals surface area contributed by atoms with Gasteiger partial charge in [-0.3, -0.25) is 14.9 Å². The van der Waals surface area contributed by atoms with E-state index in [2.05, 4.69) is 10.3 Å². The van der Waals surface area contributed by atoms with Crippen LogP contribution in [0.1, 0.15) is 18.9 Å². The fourth-order valence-corrected chi connectivity index (χ4v) is 1.30. The predicted octanol–water partition coefficient (Wildman–Crippen LogP) is 1.23. The Morgan fingerprint density at radius 2 is 2.42 bits per heavy atom. The number of nitro groups is 1. The van der Waals surface area contributed by atoms with Crippen molar-refractivity contribution in [2.45, 2.75) is 13.3 Å². The number of carbonyl (C=O) groups is 1. The Bertz CT molecular complexity index is 524. The van der Waals surface area contributed by atoms with Crippen molar-refractivity contribution in [3.8, 4) is 6.07 Å². The summed E-state index contributed by atoms with van der Waals surface area (Å²) < 4.78 is 4.73. The quantitative estimate of drug-likeness (QED) is 0.466. The molecule has 0 unspecified atom stereocenters. The molecule has 0 aliphatic rings. The molecular formula is C11H12N4O4. The van der Waals surface area contributed by atoms with Gasteiger partial charge in [0.2, 0.25) is 0 Å². The molecule has 0 aromatic carbocycles. The molecule has 1 aromatic heterocycles. The van der Waals surface area contributed by atoms with E-state index in [1.54, 1.807) is 6.92 Å². The zero-order valence-electron chi connectivity index (χ0n) is 10.3. The van der Waals surface area contributed by atoms with E-state index < -0.39 is 4.92 Å². The van der Waals surface area contributed by atoms with Gasteiger partial charge in [-0.25, -0.2) is 4.98 Å². The number of hydrogen-bond acceptors (Lipinski definition) is 7. The van der Waals surface area contributed by atoms with Gasteiger partial charge in [-0.2, -0.15) is 5.26 Å². The molecule has 0 saturated carbocycles. The lowest BCUT2D eigenvalue weighted by Gasteiger charge is -2.06. The Kier molecular flexibility index (Phi) is 5.22. The summed E-state index contributed by atoms with van der Waals surface area (Å²) in [4.78, 5) is 24.8. The van der Waals surface area contributed by atoms with Gasteiger partial charge in [0.05, 0.1) is 18.0 Å². The summed E-state index contributed by atoms with van der Waals surface area (Å²) in [5.41, 5.74) is -0.203. The van der Waals surface area contributed by atoms with Crippen molar-refractivity contribution in [3.63, 3.8) is 0 Å². The van der Waals surface area contributed by atoms with Gasteiger partial charge < -0.3 is 10.1 Å². The van der Waals surface area contributed by atoms with Gasteiger partial charge in [-0.1, -0.05) is 0 Å². The lowest BCUT2D eigenvalue weighted by atomic mass is 10.2. The maximum Gasteiger partial charge on any atom is 0.307 e. The smallest absolute Gasteiger partial charge is 0.307 e. The topological polar surface area (TPSA) is 118 Å². The number of nitrogens with zero attached hydrogens (tertiary/aromatic N) is 3. The fraction of sp³-hybridized carbons (Fsp3) is 0.364. The van der Waals surface area contributed by atoms with Gasteiger partial charge in [0, 0.05) is 12.6 Å². The first-order valence-electron chi connectivity index (χ1n) is 5.52. The van der Waals surface area contributed by atoms with Crippen LogP contribution in [0.4, 0.5) is 11.5 Å². The Labute approximate surface area is 109 Å². The summed E-state index contributed by atoms with van der Waals surface area (Å²) in [6.45, 7) is 2.24. The lowest BCUT2D eigenvalue weighted by Crippen LogP contribution is -2.12. The maximum atomic E-state index is 11.1. The number of carbonyl (C=O) groups excluding carboxylic acids is 1. The Hall–Kier alpha value is -2.69. The first kappa shape index (κ1) is 14.4. The molecule has 0 aliphatic heterocycles. The Morgan fingerprint density at radius 3 is 3.00 bits per heavy atom. The first-order chi connectivity index (χ1) is 9.08. The van der Waals surface area contributed by atoms with Crippen LogP contribution in [0.2, 0.25) is 0 Å². The highest BCUT2D eigenvalue weighted by atomic mass is 16.6. The van der Waals surface area contributed by atoms with E-state index in [0.29, 0.717) is 6.61 Å². The molecular weight excluding hydrogens is 252 g/mol. The van der Waals surface area contributed by atoms with Crippen molar-refractivity contribution in [3.05, 3.63) is 27.9 Å². The summed E-state index contributed by atoms with van der Waals surface area (Å²) in [6.07, 6.45) is 1.17. The molecule has 0 fully saturated rings. The van der Waals surface area contributed by atoms with E-state index >= 15 is 0 Å². The van der Waals surface area contributed by atoms with E-state index in [4.69, 9.17) is 10.00 Å². The van der Waals surface area contributed by atoms with E-state index in [-0.39, 0.29) is 36.0 Å². The standard InChI is InChI=1S/C11H12N4O4/c1-2-19-10(16)3-4-13-11-8(6-12)5-9(7-14-11)15(17)18/h5,7H,2-4H2,1H3,(H,13,14). The van der Waals surface area contributed by atoms with Crippen LogP contribution in [0, 0.1) is 21.4 Å². The van der Waals surface area contributed by atoms with Crippen LogP contribution >= 0.6 is 0 Å². The van der Waals surface area contributed by atoms with Gasteiger partial charge >= 0.3 is 5.97 Å². The molecule has 100 valence electrons. The van der Waals surface area contributed by atoms with Gasteiger partial charge in [-0.05, 0) is 6.92 Å². The first-order valence-corrected chi connectivity index (χ1v) is 5.52. The minimum absolute atomic E-state index is 0.0538. The molecule has 0 saturated heterocycles. The van der Waals surface area contributed by atoms with Crippen LogP contribution in [0.15, 0.2) is 12.3 Å². The van der Waals surface area contributed by atoms with Crippen LogP contribution in [-0.4, -0.2) is 29.0 Å². The third-order valence-electron chi connectivity index (χ3n) is 2.13. The average molecular weight is 264 g/mol. The average Bonchev–Trinajstić information content (AvgIpc) is 2.39. The third-order valence-corrected chi connectivity index (χ3v) is 2.13. The molecule has 1 aromatic rings. The van der Waals surface area contributed by atoms with E-state index in [0.717, 1.165) is 12.3 Å². The van der Waals surface area contributed by atoms with Gasteiger partial charge in [0.15, 0.2) is 0 Å². The molecule has 0 amide bonds. The monoisotopic (exact) mass is 264 g/mol. The number of ether oxygens (including phenoxy) is 1. The zero-order chi connectivity index (χ0) is 14.3. The van der Waals surface area contributed by atoms with Crippen molar-refractivity contribution in [2.24, 2.45) is 0 Å². The molecule has 8 nitrogen and oxygen atoms in total. The number of rotatable bonds is 6. The lowest BCUT2D eigenvalue weighted by molar-refractivity contribution is -0.385. The zero-order valence-corrected chi connectivity index (χ0v) is 10.3. The summed E-state index contributed by atoms with van der Waals surface area (Å²) in [6, 6.07) is 2.93. The molecule has 8 heteroatoms. The van der Waals surface area contributed by atoms with Crippen LogP contribution in [-0.2, 0) is 9.53 Å². The molecule has 0 atom stereocenters. The summed E-state index contributed by atoms with van der Waals surface area (Å²) >= 11 is 0. The van der Waals surface area contributed by atoms with Crippen molar-refractivity contribution in [1.29, 1.82) is 5.26 Å². The van der Waals surface area contributed by atoms with Gasteiger partial charge in [0.1, 0.15) is 23.6 Å². The van der Waals surface area contributed by atoms with Crippen LogP contribution in [0.5, 0.6) is 0 Å². The molecule has 0 aliphatic carbocycles.